The molecule has 0 spiro atoms. The lowest BCUT2D eigenvalue weighted by Gasteiger charge is -2.23. The quantitative estimate of drug-likeness (QED) is 0.646. The summed E-state index contributed by atoms with van der Waals surface area (Å²) in [6, 6.07) is 26.0. The first-order valence-electron chi connectivity index (χ1n) is 8.31. The Labute approximate surface area is 147 Å². The smallest absolute Gasteiger partial charge is 0.227 e. The third kappa shape index (κ3) is 5.01. The molecule has 0 fully saturated rings. The van der Waals surface area contributed by atoms with Crippen molar-refractivity contribution < 1.29 is 9.18 Å². The van der Waals surface area contributed by atoms with Crippen LogP contribution in [0.2, 0.25) is 0 Å². The molecule has 0 saturated carbocycles. The van der Waals surface area contributed by atoms with Gasteiger partial charge < -0.3 is 4.90 Å². The Morgan fingerprint density at radius 2 is 1.16 bits per heavy atom. The minimum atomic E-state index is -0.290. The minimum Gasteiger partial charge on any atom is -0.334 e. The van der Waals surface area contributed by atoms with Crippen molar-refractivity contribution in [2.24, 2.45) is 0 Å². The number of nitrogens with zero attached hydrogens (tertiary/aromatic N) is 1. The van der Waals surface area contributed by atoms with Gasteiger partial charge in [0.25, 0.3) is 0 Å². The highest BCUT2D eigenvalue weighted by atomic mass is 19.1. The lowest BCUT2D eigenvalue weighted by molar-refractivity contribution is -0.131. The van der Waals surface area contributed by atoms with Gasteiger partial charge in [-0.3, -0.25) is 4.79 Å². The Bertz CT molecular complexity index is 759. The Hall–Kier alpha value is -2.94. The molecule has 0 aliphatic carbocycles. The van der Waals surface area contributed by atoms with Gasteiger partial charge >= 0.3 is 0 Å². The van der Waals surface area contributed by atoms with Crippen LogP contribution in [-0.4, -0.2) is 10.8 Å². The van der Waals surface area contributed by atoms with Gasteiger partial charge in [-0.25, -0.2) is 4.39 Å². The van der Waals surface area contributed by atoms with E-state index < -0.39 is 0 Å². The van der Waals surface area contributed by atoms with Gasteiger partial charge in [0.05, 0.1) is 6.42 Å². The molecule has 3 aromatic carbocycles. The van der Waals surface area contributed by atoms with Crippen LogP contribution in [0.4, 0.5) is 4.39 Å². The molecule has 0 aliphatic rings. The van der Waals surface area contributed by atoms with E-state index in [-0.39, 0.29) is 18.1 Å². The number of halogens is 1. The second-order valence-electron chi connectivity index (χ2n) is 6.02. The first-order valence-corrected chi connectivity index (χ1v) is 8.31. The Morgan fingerprint density at radius 1 is 0.680 bits per heavy atom. The van der Waals surface area contributed by atoms with Crippen molar-refractivity contribution in [1.29, 1.82) is 0 Å². The molecule has 3 heteroatoms. The summed E-state index contributed by atoms with van der Waals surface area (Å²) in [5.41, 5.74) is 2.99. The van der Waals surface area contributed by atoms with E-state index in [9.17, 15) is 9.18 Å². The second-order valence-corrected chi connectivity index (χ2v) is 6.02. The fourth-order valence-electron chi connectivity index (χ4n) is 2.73. The summed E-state index contributed by atoms with van der Waals surface area (Å²) in [4.78, 5) is 14.7. The first-order chi connectivity index (χ1) is 12.2. The van der Waals surface area contributed by atoms with E-state index in [1.54, 1.807) is 12.1 Å². The monoisotopic (exact) mass is 333 g/mol. The molecular weight excluding hydrogens is 313 g/mol. The Kier molecular flexibility index (Phi) is 5.57. The number of hydrogen-bond acceptors (Lipinski definition) is 1. The molecule has 0 heterocycles. The summed E-state index contributed by atoms with van der Waals surface area (Å²) in [5.74, 6) is -0.263. The second kappa shape index (κ2) is 8.25. The Balaban J connectivity index is 1.76. The normalized spacial score (nSPS) is 10.4. The van der Waals surface area contributed by atoms with E-state index >= 15 is 0 Å². The average molecular weight is 333 g/mol. The van der Waals surface area contributed by atoms with Gasteiger partial charge in [-0.05, 0) is 28.8 Å². The molecule has 0 bridgehead atoms. The zero-order valence-electron chi connectivity index (χ0n) is 13.9. The van der Waals surface area contributed by atoms with Crippen molar-refractivity contribution in [3.63, 3.8) is 0 Å². The van der Waals surface area contributed by atoms with Crippen LogP contribution in [0.3, 0.4) is 0 Å². The number of carbonyl (C=O) groups is 1. The van der Waals surface area contributed by atoms with E-state index in [1.165, 1.54) is 12.1 Å². The minimum absolute atomic E-state index is 0.0271. The maximum absolute atomic E-state index is 13.1. The van der Waals surface area contributed by atoms with Crippen LogP contribution in [0.25, 0.3) is 0 Å². The molecule has 2 nitrogen and oxygen atoms in total. The van der Waals surface area contributed by atoms with Crippen LogP contribution in [-0.2, 0) is 24.3 Å². The third-order valence-electron chi connectivity index (χ3n) is 4.05. The molecule has 0 unspecified atom stereocenters. The largest absolute Gasteiger partial charge is 0.334 e. The van der Waals surface area contributed by atoms with Crippen molar-refractivity contribution in [3.05, 3.63) is 107 Å². The van der Waals surface area contributed by atoms with E-state index in [0.29, 0.717) is 13.1 Å². The SMILES string of the molecule is O=C(Cc1ccc(F)cc1)N(Cc1ccccc1)Cc1ccccc1. The van der Waals surface area contributed by atoms with Gasteiger partial charge in [0.1, 0.15) is 5.82 Å². The lowest BCUT2D eigenvalue weighted by Crippen LogP contribution is -2.31. The molecule has 3 aromatic rings. The maximum Gasteiger partial charge on any atom is 0.227 e. The van der Waals surface area contributed by atoms with Crippen molar-refractivity contribution in [2.45, 2.75) is 19.5 Å². The van der Waals surface area contributed by atoms with Crippen molar-refractivity contribution in [1.82, 2.24) is 4.90 Å². The lowest BCUT2D eigenvalue weighted by atomic mass is 10.1. The summed E-state index contributed by atoms with van der Waals surface area (Å²) in [6.45, 7) is 1.10. The standard InChI is InChI=1S/C22H20FNO/c23-21-13-11-18(12-14-21)15-22(25)24(16-19-7-3-1-4-8-19)17-20-9-5-2-6-10-20/h1-14H,15-17H2. The van der Waals surface area contributed by atoms with Crippen LogP contribution in [0.1, 0.15) is 16.7 Å². The molecule has 0 N–H and O–H groups in total. The number of benzene rings is 3. The van der Waals surface area contributed by atoms with Crippen molar-refractivity contribution >= 4 is 5.91 Å². The van der Waals surface area contributed by atoms with E-state index in [0.717, 1.165) is 16.7 Å². The highest BCUT2D eigenvalue weighted by molar-refractivity contribution is 5.78. The summed E-state index contributed by atoms with van der Waals surface area (Å²) < 4.78 is 13.1. The molecule has 25 heavy (non-hydrogen) atoms. The van der Waals surface area contributed by atoms with Gasteiger partial charge in [-0.15, -0.1) is 0 Å². The van der Waals surface area contributed by atoms with Crippen LogP contribution < -0.4 is 0 Å². The summed E-state index contributed by atoms with van der Waals surface area (Å²) >= 11 is 0. The molecule has 0 atom stereocenters. The van der Waals surface area contributed by atoms with Crippen LogP contribution >= 0.6 is 0 Å². The van der Waals surface area contributed by atoms with Crippen molar-refractivity contribution in [2.75, 3.05) is 0 Å². The van der Waals surface area contributed by atoms with Gasteiger partial charge in [0.15, 0.2) is 0 Å². The average Bonchev–Trinajstić information content (AvgIpc) is 2.65. The van der Waals surface area contributed by atoms with Gasteiger partial charge in [0, 0.05) is 13.1 Å². The van der Waals surface area contributed by atoms with Gasteiger partial charge in [0.2, 0.25) is 5.91 Å². The highest BCUT2D eigenvalue weighted by Gasteiger charge is 2.15. The summed E-state index contributed by atoms with van der Waals surface area (Å²) in [5, 5.41) is 0. The predicted octanol–water partition coefficient (Wildman–Crippen LogP) is 4.60. The highest BCUT2D eigenvalue weighted by Crippen LogP contribution is 2.13. The molecule has 0 radical (unpaired) electrons. The predicted molar refractivity (Wildman–Crippen MR) is 97.2 cm³/mol. The number of carbonyl (C=O) groups excluding carboxylic acids is 1. The fraction of sp³-hybridized carbons (Fsp3) is 0.136. The molecule has 0 aliphatic heterocycles. The van der Waals surface area contributed by atoms with Crippen molar-refractivity contribution in [3.8, 4) is 0 Å². The number of amides is 1. The molecule has 3 rings (SSSR count). The Morgan fingerprint density at radius 3 is 1.64 bits per heavy atom. The first kappa shape index (κ1) is 16.9. The zero-order chi connectivity index (χ0) is 17.5. The third-order valence-corrected chi connectivity index (χ3v) is 4.05. The van der Waals surface area contributed by atoms with Crippen LogP contribution in [0.15, 0.2) is 84.9 Å². The summed E-state index contributed by atoms with van der Waals surface area (Å²) in [7, 11) is 0. The number of hydrogen-bond donors (Lipinski definition) is 0. The molecule has 0 saturated heterocycles. The summed E-state index contributed by atoms with van der Waals surface area (Å²) in [6.07, 6.45) is 0.264. The fourth-order valence-corrected chi connectivity index (χ4v) is 2.73. The number of rotatable bonds is 6. The zero-order valence-corrected chi connectivity index (χ0v) is 13.9. The van der Waals surface area contributed by atoms with E-state index in [2.05, 4.69) is 0 Å². The van der Waals surface area contributed by atoms with Gasteiger partial charge in [-0.2, -0.15) is 0 Å². The molecule has 126 valence electrons. The van der Waals surface area contributed by atoms with E-state index in [1.807, 2.05) is 65.6 Å². The van der Waals surface area contributed by atoms with Crippen LogP contribution in [0, 0.1) is 5.82 Å². The van der Waals surface area contributed by atoms with E-state index in [4.69, 9.17) is 0 Å². The molecular formula is C22H20FNO. The maximum atomic E-state index is 13.1. The topological polar surface area (TPSA) is 20.3 Å². The van der Waals surface area contributed by atoms with Gasteiger partial charge in [-0.1, -0.05) is 72.8 Å². The molecule has 0 aromatic heterocycles. The molecule has 1 amide bonds. The van der Waals surface area contributed by atoms with Crippen LogP contribution in [0.5, 0.6) is 0 Å².